The maximum atomic E-state index is 8.90. The molecule has 1 aromatic heterocycles. The molecular formula is C13H17ClN4O. The van der Waals surface area contributed by atoms with Crippen molar-refractivity contribution in [2.24, 2.45) is 0 Å². The Hall–Kier alpha value is -1.35. The first-order valence-electron chi connectivity index (χ1n) is 6.23. The summed E-state index contributed by atoms with van der Waals surface area (Å²) in [5.74, 6) is 0.644. The van der Waals surface area contributed by atoms with Gasteiger partial charge < -0.3 is 15.0 Å². The Kier molecular flexibility index (Phi) is 4.59. The molecule has 2 rings (SSSR count). The molecule has 0 amide bonds. The number of hydrogen-bond donors (Lipinski definition) is 1. The van der Waals surface area contributed by atoms with Crippen LogP contribution in [0.4, 0.5) is 5.82 Å². The lowest BCUT2D eigenvalue weighted by atomic mass is 10.1. The molecule has 1 fully saturated rings. The van der Waals surface area contributed by atoms with E-state index in [1.807, 2.05) is 13.0 Å². The number of nitrogens with zero attached hydrogens (tertiary/aromatic N) is 3. The molecule has 0 saturated carbocycles. The Morgan fingerprint density at radius 1 is 1.63 bits per heavy atom. The maximum Gasteiger partial charge on any atom is 0.161 e. The van der Waals surface area contributed by atoms with Crippen molar-refractivity contribution in [2.45, 2.75) is 19.1 Å². The van der Waals surface area contributed by atoms with E-state index in [-0.39, 0.29) is 17.8 Å². The fourth-order valence-electron chi connectivity index (χ4n) is 2.04. The molecule has 1 aliphatic rings. The molecule has 2 heterocycles. The van der Waals surface area contributed by atoms with Crippen molar-refractivity contribution in [3.63, 3.8) is 0 Å². The van der Waals surface area contributed by atoms with E-state index >= 15 is 0 Å². The van der Waals surface area contributed by atoms with Crippen LogP contribution in [-0.2, 0) is 4.74 Å². The van der Waals surface area contributed by atoms with Crippen molar-refractivity contribution in [2.75, 3.05) is 32.1 Å². The van der Waals surface area contributed by atoms with Gasteiger partial charge in [-0.2, -0.15) is 5.26 Å². The van der Waals surface area contributed by atoms with Crippen LogP contribution in [0.1, 0.15) is 12.6 Å². The highest BCUT2D eigenvalue weighted by Crippen LogP contribution is 2.17. The molecule has 19 heavy (non-hydrogen) atoms. The molecule has 2 atom stereocenters. The van der Waals surface area contributed by atoms with Gasteiger partial charge in [0.25, 0.3) is 0 Å². The highest BCUT2D eigenvalue weighted by Gasteiger charge is 2.23. The molecule has 0 bridgehead atoms. The summed E-state index contributed by atoms with van der Waals surface area (Å²) in [7, 11) is 2.08. The Bertz CT molecular complexity index is 488. The summed E-state index contributed by atoms with van der Waals surface area (Å²) in [4.78, 5) is 6.41. The minimum atomic E-state index is 0.113. The summed E-state index contributed by atoms with van der Waals surface area (Å²) in [5.41, 5.74) is 0.237. The summed E-state index contributed by atoms with van der Waals surface area (Å²) in [6.45, 7) is 4.63. The highest BCUT2D eigenvalue weighted by molar-refractivity contribution is 6.31. The van der Waals surface area contributed by atoms with Crippen molar-refractivity contribution in [3.8, 4) is 6.07 Å². The van der Waals surface area contributed by atoms with Gasteiger partial charge in [-0.1, -0.05) is 11.6 Å². The van der Waals surface area contributed by atoms with Crippen LogP contribution in [0.2, 0.25) is 5.02 Å². The van der Waals surface area contributed by atoms with Gasteiger partial charge in [-0.15, -0.1) is 0 Å². The van der Waals surface area contributed by atoms with Gasteiger partial charge in [-0.05, 0) is 26.1 Å². The van der Waals surface area contributed by atoms with Gasteiger partial charge in [-0.25, -0.2) is 4.98 Å². The van der Waals surface area contributed by atoms with Gasteiger partial charge in [0.1, 0.15) is 11.9 Å². The Morgan fingerprint density at radius 2 is 2.42 bits per heavy atom. The van der Waals surface area contributed by atoms with Crippen molar-refractivity contribution >= 4 is 17.4 Å². The maximum absolute atomic E-state index is 8.90. The first-order valence-corrected chi connectivity index (χ1v) is 6.61. The molecule has 0 radical (unpaired) electrons. The number of anilines is 1. The number of pyridine rings is 1. The second-order valence-corrected chi connectivity index (χ2v) is 5.15. The molecule has 2 unspecified atom stereocenters. The first-order chi connectivity index (χ1) is 9.10. The minimum absolute atomic E-state index is 0.113. The van der Waals surface area contributed by atoms with Crippen molar-refractivity contribution in [3.05, 3.63) is 22.8 Å². The Labute approximate surface area is 118 Å². The molecule has 0 aromatic carbocycles. The van der Waals surface area contributed by atoms with E-state index in [0.717, 1.165) is 19.7 Å². The average molecular weight is 281 g/mol. The third kappa shape index (κ3) is 3.57. The zero-order chi connectivity index (χ0) is 13.8. The van der Waals surface area contributed by atoms with E-state index in [4.69, 9.17) is 21.6 Å². The number of morpholine rings is 1. The predicted octanol–water partition coefficient (Wildman–Crippen LogP) is 1.74. The Balaban J connectivity index is 2.02. The van der Waals surface area contributed by atoms with E-state index < -0.39 is 0 Å². The summed E-state index contributed by atoms with van der Waals surface area (Å²) in [6.07, 6.45) is 0.113. The van der Waals surface area contributed by atoms with Crippen LogP contribution in [0, 0.1) is 11.3 Å². The smallest absolute Gasteiger partial charge is 0.161 e. The molecule has 1 saturated heterocycles. The largest absolute Gasteiger partial charge is 0.373 e. The van der Waals surface area contributed by atoms with Crippen LogP contribution in [0.5, 0.6) is 0 Å². The number of nitrogens with one attached hydrogen (secondary N) is 1. The monoisotopic (exact) mass is 280 g/mol. The quantitative estimate of drug-likeness (QED) is 0.914. The van der Waals surface area contributed by atoms with E-state index in [1.54, 1.807) is 12.1 Å². The van der Waals surface area contributed by atoms with Crippen LogP contribution in [0.25, 0.3) is 0 Å². The molecule has 1 aliphatic heterocycles. The topological polar surface area (TPSA) is 61.2 Å². The van der Waals surface area contributed by atoms with Gasteiger partial charge in [0, 0.05) is 13.1 Å². The van der Waals surface area contributed by atoms with E-state index in [0.29, 0.717) is 10.8 Å². The second-order valence-electron chi connectivity index (χ2n) is 4.74. The molecule has 1 N–H and O–H groups in total. The summed E-state index contributed by atoms with van der Waals surface area (Å²) in [6, 6.07) is 5.53. The van der Waals surface area contributed by atoms with Gasteiger partial charge in [-0.3, -0.25) is 0 Å². The zero-order valence-electron chi connectivity index (χ0n) is 11.1. The van der Waals surface area contributed by atoms with Crippen LogP contribution < -0.4 is 5.32 Å². The third-order valence-corrected chi connectivity index (χ3v) is 3.49. The number of aromatic nitrogens is 1. The lowest BCUT2D eigenvalue weighted by molar-refractivity contribution is -0.0259. The average Bonchev–Trinajstić information content (AvgIpc) is 2.41. The fourth-order valence-corrected chi connectivity index (χ4v) is 2.19. The number of nitriles is 1. The lowest BCUT2D eigenvalue weighted by Crippen LogP contribution is -2.47. The number of rotatable bonds is 3. The summed E-state index contributed by atoms with van der Waals surface area (Å²) >= 11 is 5.86. The molecule has 0 spiro atoms. The first kappa shape index (κ1) is 14.1. The lowest BCUT2D eigenvalue weighted by Gasteiger charge is -2.34. The van der Waals surface area contributed by atoms with Gasteiger partial charge in [0.15, 0.2) is 5.69 Å². The molecule has 0 aliphatic carbocycles. The highest BCUT2D eigenvalue weighted by atomic mass is 35.5. The van der Waals surface area contributed by atoms with Crippen LogP contribution >= 0.6 is 11.6 Å². The van der Waals surface area contributed by atoms with E-state index in [9.17, 15) is 0 Å². The summed E-state index contributed by atoms with van der Waals surface area (Å²) in [5, 5.41) is 12.5. The van der Waals surface area contributed by atoms with Crippen LogP contribution in [0.15, 0.2) is 12.1 Å². The van der Waals surface area contributed by atoms with Crippen molar-refractivity contribution in [1.82, 2.24) is 9.88 Å². The molecular weight excluding hydrogens is 264 g/mol. The van der Waals surface area contributed by atoms with Crippen LogP contribution in [-0.4, -0.2) is 48.8 Å². The fraction of sp³-hybridized carbons (Fsp3) is 0.538. The molecule has 6 heteroatoms. The van der Waals surface area contributed by atoms with Crippen molar-refractivity contribution in [1.29, 1.82) is 5.26 Å². The molecule has 5 nitrogen and oxygen atoms in total. The number of likely N-dealkylation sites (N-methyl/N-ethyl adjacent to an activating group) is 1. The minimum Gasteiger partial charge on any atom is -0.373 e. The standard InChI is InChI=1S/C13H17ClN4O/c1-9(12-8-18(2)5-6-19-12)16-13-4-3-10(14)11(7-15)17-13/h3-4,9,12H,5-6,8H2,1-2H3,(H,16,17). The normalized spacial score (nSPS) is 21.7. The SMILES string of the molecule is CC(Nc1ccc(Cl)c(C#N)n1)C1CN(C)CCO1. The molecule has 102 valence electrons. The van der Waals surface area contributed by atoms with Gasteiger partial charge in [0.2, 0.25) is 0 Å². The third-order valence-electron chi connectivity index (χ3n) is 3.18. The second kappa shape index (κ2) is 6.20. The molecule has 1 aromatic rings. The van der Waals surface area contributed by atoms with Gasteiger partial charge in [0.05, 0.1) is 23.8 Å². The van der Waals surface area contributed by atoms with Crippen LogP contribution in [0.3, 0.4) is 0 Å². The number of halogens is 1. The van der Waals surface area contributed by atoms with Crippen molar-refractivity contribution < 1.29 is 4.74 Å². The zero-order valence-corrected chi connectivity index (χ0v) is 11.8. The van der Waals surface area contributed by atoms with E-state index in [1.165, 1.54) is 0 Å². The predicted molar refractivity (Wildman–Crippen MR) is 74.3 cm³/mol. The Morgan fingerprint density at radius 3 is 3.11 bits per heavy atom. The number of ether oxygens (including phenoxy) is 1. The van der Waals surface area contributed by atoms with E-state index in [2.05, 4.69) is 22.2 Å². The number of hydrogen-bond acceptors (Lipinski definition) is 5. The summed E-state index contributed by atoms with van der Waals surface area (Å²) < 4.78 is 5.74. The van der Waals surface area contributed by atoms with Gasteiger partial charge >= 0.3 is 0 Å².